The first-order valence-electron chi connectivity index (χ1n) is 2.49. The molecule has 0 bridgehead atoms. The van der Waals surface area contributed by atoms with Crippen LogP contribution >= 0.6 is 0 Å². The number of hydrogen-bond donors (Lipinski definition) is 2. The Labute approximate surface area is 83.8 Å². The Kier molecular flexibility index (Phi) is 7.94. The molecule has 0 aliphatic carbocycles. The van der Waals surface area contributed by atoms with E-state index >= 15 is 0 Å². The van der Waals surface area contributed by atoms with Crippen LogP contribution in [-0.4, -0.2) is 55.6 Å². The quantitative estimate of drug-likeness (QED) is 0.363. The molecule has 0 aromatic heterocycles. The SMILES string of the molecule is O=C(OB(O)F)C(=O)OB(O)F.[LiH]. The zero-order valence-electron chi connectivity index (χ0n) is 5.44. The van der Waals surface area contributed by atoms with Gasteiger partial charge in [0.1, 0.15) is 0 Å². The summed E-state index contributed by atoms with van der Waals surface area (Å²) in [5.74, 6) is -3.91. The van der Waals surface area contributed by atoms with Gasteiger partial charge in [0.25, 0.3) is 0 Å². The average Bonchev–Trinajstić information content (AvgIpc) is 1.84. The van der Waals surface area contributed by atoms with Gasteiger partial charge in [0, 0.05) is 0 Å². The first-order chi connectivity index (χ1) is 5.43. The van der Waals surface area contributed by atoms with Crippen molar-refractivity contribution in [2.24, 2.45) is 0 Å². The predicted octanol–water partition coefficient (Wildman–Crippen LogP) is -2.68. The molecular formula is C2H3B2F2LiO6. The molecule has 11 heteroatoms. The summed E-state index contributed by atoms with van der Waals surface area (Å²) in [6.07, 6.45) is 0. The van der Waals surface area contributed by atoms with Gasteiger partial charge in [0.2, 0.25) is 0 Å². The van der Waals surface area contributed by atoms with Crippen molar-refractivity contribution < 1.29 is 37.6 Å². The predicted molar refractivity (Wildman–Crippen MR) is 37.5 cm³/mol. The van der Waals surface area contributed by atoms with Crippen LogP contribution in [0.4, 0.5) is 8.63 Å². The van der Waals surface area contributed by atoms with E-state index in [4.69, 9.17) is 10.0 Å². The fourth-order valence-corrected chi connectivity index (χ4v) is 0.273. The van der Waals surface area contributed by atoms with E-state index in [1.54, 1.807) is 0 Å². The van der Waals surface area contributed by atoms with Crippen LogP contribution in [0.5, 0.6) is 0 Å². The van der Waals surface area contributed by atoms with Crippen molar-refractivity contribution in [2.75, 3.05) is 0 Å². The van der Waals surface area contributed by atoms with E-state index in [2.05, 4.69) is 9.31 Å². The van der Waals surface area contributed by atoms with Gasteiger partial charge in [0.05, 0.1) is 0 Å². The maximum absolute atomic E-state index is 11.4. The molecule has 0 heterocycles. The maximum atomic E-state index is 11.4. The van der Waals surface area contributed by atoms with Crippen LogP contribution in [0.1, 0.15) is 0 Å². The van der Waals surface area contributed by atoms with Crippen molar-refractivity contribution in [1.82, 2.24) is 0 Å². The van der Waals surface area contributed by atoms with Gasteiger partial charge in [-0.15, -0.1) is 0 Å². The van der Waals surface area contributed by atoms with E-state index in [0.29, 0.717) is 0 Å². The van der Waals surface area contributed by atoms with Gasteiger partial charge in [-0.05, 0) is 0 Å². The molecule has 13 heavy (non-hydrogen) atoms. The molecule has 0 spiro atoms. The summed E-state index contributed by atoms with van der Waals surface area (Å²) >= 11 is 0. The fourth-order valence-electron chi connectivity index (χ4n) is 0.273. The van der Waals surface area contributed by atoms with Crippen LogP contribution in [0.25, 0.3) is 0 Å². The Morgan fingerprint density at radius 2 is 1.23 bits per heavy atom. The second kappa shape index (κ2) is 6.91. The van der Waals surface area contributed by atoms with Crippen LogP contribution in [0.3, 0.4) is 0 Å². The van der Waals surface area contributed by atoms with Crippen LogP contribution in [0.15, 0.2) is 0 Å². The van der Waals surface area contributed by atoms with Crippen molar-refractivity contribution in [2.45, 2.75) is 0 Å². The summed E-state index contributed by atoms with van der Waals surface area (Å²) in [7, 11) is -6.00. The summed E-state index contributed by atoms with van der Waals surface area (Å²) in [6, 6.07) is 0. The topological polar surface area (TPSA) is 93.1 Å². The van der Waals surface area contributed by atoms with Gasteiger partial charge in [-0.25, -0.2) is 18.2 Å². The van der Waals surface area contributed by atoms with E-state index in [-0.39, 0.29) is 18.9 Å². The van der Waals surface area contributed by atoms with E-state index in [0.717, 1.165) is 0 Å². The first-order valence-corrected chi connectivity index (χ1v) is 2.49. The van der Waals surface area contributed by atoms with Gasteiger partial charge >= 0.3 is 45.6 Å². The number of rotatable bonds is 2. The van der Waals surface area contributed by atoms with E-state index in [1.807, 2.05) is 0 Å². The van der Waals surface area contributed by atoms with Gasteiger partial charge in [-0.1, -0.05) is 0 Å². The van der Waals surface area contributed by atoms with E-state index in [1.165, 1.54) is 0 Å². The number of carbonyl (C=O) groups is 2. The standard InChI is InChI=1S/C2H2B2F2O6.Li.H/c5-3(9)11-1(7)2(8)12-4(6)10;;/h9-10H;;. The third-order valence-corrected chi connectivity index (χ3v) is 0.575. The molecule has 0 radical (unpaired) electrons. The van der Waals surface area contributed by atoms with Gasteiger partial charge in [0.15, 0.2) is 0 Å². The van der Waals surface area contributed by atoms with Crippen LogP contribution in [0, 0.1) is 0 Å². The van der Waals surface area contributed by atoms with Crippen molar-refractivity contribution in [3.05, 3.63) is 0 Å². The normalized spacial score (nSPS) is 8.00. The second-order valence-electron chi connectivity index (χ2n) is 1.39. The van der Waals surface area contributed by atoms with Crippen molar-refractivity contribution in [1.29, 1.82) is 0 Å². The minimum absolute atomic E-state index is 0. The molecule has 0 amide bonds. The second-order valence-corrected chi connectivity index (χ2v) is 1.39. The fraction of sp³-hybridized carbons (Fsp3) is 0. The van der Waals surface area contributed by atoms with Crippen molar-refractivity contribution in [3.8, 4) is 0 Å². The number of carbonyl (C=O) groups excluding carboxylic acids is 2. The van der Waals surface area contributed by atoms with Gasteiger partial charge in [-0.3, -0.25) is 0 Å². The summed E-state index contributed by atoms with van der Waals surface area (Å²) in [6.45, 7) is 0. The summed E-state index contributed by atoms with van der Waals surface area (Å²) in [5.41, 5.74) is 0. The van der Waals surface area contributed by atoms with E-state index in [9.17, 15) is 18.2 Å². The zero-order chi connectivity index (χ0) is 9.72. The van der Waals surface area contributed by atoms with Crippen LogP contribution in [0.2, 0.25) is 0 Å². The average molecular weight is 190 g/mol. The summed E-state index contributed by atoms with van der Waals surface area (Å²) < 4.78 is 29.2. The first kappa shape index (κ1) is 14.9. The van der Waals surface area contributed by atoms with Gasteiger partial charge < -0.3 is 19.4 Å². The third kappa shape index (κ3) is 7.80. The molecule has 0 fully saturated rings. The Bertz CT molecular complexity index is 167. The molecule has 0 rings (SSSR count). The van der Waals surface area contributed by atoms with Crippen LogP contribution < -0.4 is 0 Å². The molecule has 0 saturated carbocycles. The van der Waals surface area contributed by atoms with Crippen molar-refractivity contribution >= 4 is 45.6 Å². The van der Waals surface area contributed by atoms with Gasteiger partial charge in [-0.2, -0.15) is 0 Å². The molecule has 0 unspecified atom stereocenters. The molecule has 6 nitrogen and oxygen atoms in total. The summed E-state index contributed by atoms with van der Waals surface area (Å²) in [5, 5.41) is 15.5. The Balaban J connectivity index is 0. The van der Waals surface area contributed by atoms with Crippen LogP contribution in [-0.2, 0) is 18.9 Å². The Morgan fingerprint density at radius 1 is 1.00 bits per heavy atom. The molecule has 0 aromatic carbocycles. The molecule has 0 atom stereocenters. The number of halogens is 2. The third-order valence-electron chi connectivity index (χ3n) is 0.575. The summed E-state index contributed by atoms with van der Waals surface area (Å²) in [4.78, 5) is 20.2. The Hall–Kier alpha value is -0.553. The molecule has 68 valence electrons. The molecule has 0 saturated heterocycles. The van der Waals surface area contributed by atoms with E-state index < -0.39 is 26.7 Å². The Morgan fingerprint density at radius 3 is 1.38 bits per heavy atom. The zero-order valence-corrected chi connectivity index (χ0v) is 5.44. The molecule has 2 N–H and O–H groups in total. The minimum atomic E-state index is -3.00. The monoisotopic (exact) mass is 190 g/mol. The molecular weight excluding hydrogens is 187 g/mol. The number of hydrogen-bond acceptors (Lipinski definition) is 6. The molecule has 0 aromatic rings. The molecule has 0 aliphatic heterocycles. The van der Waals surface area contributed by atoms with Crippen molar-refractivity contribution in [3.63, 3.8) is 0 Å². The molecule has 0 aliphatic rings.